The number of hydrogen-bond donors (Lipinski definition) is 1. The van der Waals surface area contributed by atoms with Crippen LogP contribution in [0.25, 0.3) is 5.84 Å². The van der Waals surface area contributed by atoms with Crippen molar-refractivity contribution in [1.29, 1.82) is 0 Å². The first-order valence-corrected chi connectivity index (χ1v) is 8.51. The van der Waals surface area contributed by atoms with E-state index >= 15 is 0 Å². The van der Waals surface area contributed by atoms with Crippen molar-refractivity contribution in [2.45, 2.75) is 20.3 Å². The maximum absolute atomic E-state index is 6.99. The van der Waals surface area contributed by atoms with E-state index in [1.54, 1.807) is 17.8 Å². The van der Waals surface area contributed by atoms with Crippen molar-refractivity contribution in [3.05, 3.63) is 53.9 Å². The van der Waals surface area contributed by atoms with Gasteiger partial charge < -0.3 is 10.9 Å². The molecule has 1 N–H and O–H groups in total. The largest absolute Gasteiger partial charge is 1.00 e. The van der Waals surface area contributed by atoms with E-state index in [-0.39, 0.29) is 51.4 Å². The second-order valence-electron chi connectivity index (χ2n) is 3.64. The monoisotopic (exact) mass is 352 g/mol. The summed E-state index contributed by atoms with van der Waals surface area (Å²) in [7, 11) is 0. The van der Waals surface area contributed by atoms with E-state index in [9.17, 15) is 0 Å². The Kier molecular flexibility index (Phi) is 19.3. The van der Waals surface area contributed by atoms with Gasteiger partial charge in [0, 0.05) is 10.8 Å². The van der Waals surface area contributed by atoms with Gasteiger partial charge in [0.1, 0.15) is 4.38 Å². The van der Waals surface area contributed by atoms with Gasteiger partial charge >= 0.3 is 51.4 Å². The molecule has 0 saturated carbocycles. The molecule has 0 amide bonds. The molecule has 0 saturated heterocycles. The minimum atomic E-state index is 0. The topological polar surface area (TPSA) is 36.2 Å². The van der Waals surface area contributed by atoms with Crippen LogP contribution in [0, 0.1) is 6.92 Å². The number of nitrogens with zero attached hydrogens (tertiary/aromatic N) is 1. The molecule has 0 aliphatic heterocycles. The second-order valence-corrected chi connectivity index (χ2v) is 6.69. The minimum Gasteiger partial charge on any atom is -0.615 e. The van der Waals surface area contributed by atoms with Crippen molar-refractivity contribution in [3.8, 4) is 0 Å². The summed E-state index contributed by atoms with van der Waals surface area (Å²) in [6.07, 6.45) is 2.76. The molecule has 0 heterocycles. The van der Waals surface area contributed by atoms with Crippen molar-refractivity contribution in [2.24, 2.45) is 5.10 Å². The summed E-state index contributed by atoms with van der Waals surface area (Å²) in [6, 6.07) is 8.56. The van der Waals surface area contributed by atoms with Crippen molar-refractivity contribution in [1.82, 2.24) is 0 Å². The van der Waals surface area contributed by atoms with Gasteiger partial charge in [-0.05, 0) is 25.8 Å². The molecule has 0 aromatic heterocycles. The quantitative estimate of drug-likeness (QED) is 0.172. The van der Waals surface area contributed by atoms with Gasteiger partial charge in [0.2, 0.25) is 0 Å². The van der Waals surface area contributed by atoms with Gasteiger partial charge in [-0.1, -0.05) is 47.7 Å². The maximum atomic E-state index is 6.99. The van der Waals surface area contributed by atoms with Crippen LogP contribution in [0.3, 0.4) is 0 Å². The molecule has 106 valence electrons. The van der Waals surface area contributed by atoms with Crippen LogP contribution in [-0.4, -0.2) is 15.2 Å². The SMILES string of the molecule is C=CC.Cc1ccc(CCS/C(=N/[NH-])SCS)cc1.[K+]. The molecular weight excluding hydrogens is 331 g/mol. The fraction of sp³-hybridized carbons (Fsp3) is 0.357. The first-order chi connectivity index (χ1) is 9.17. The molecule has 0 atom stereocenters. The number of hydrogen-bond acceptors (Lipinski definition) is 4. The molecule has 6 heteroatoms. The summed E-state index contributed by atoms with van der Waals surface area (Å²) in [5.41, 5.74) is 2.62. The van der Waals surface area contributed by atoms with Gasteiger partial charge in [0.25, 0.3) is 0 Å². The zero-order valence-electron chi connectivity index (χ0n) is 12.4. The zero-order valence-corrected chi connectivity index (χ0v) is 18.1. The number of benzene rings is 1. The molecule has 1 aromatic rings. The van der Waals surface area contributed by atoms with Crippen LogP contribution >= 0.6 is 36.2 Å². The van der Waals surface area contributed by atoms with Gasteiger partial charge in [-0.2, -0.15) is 12.6 Å². The maximum Gasteiger partial charge on any atom is 1.00 e. The van der Waals surface area contributed by atoms with E-state index in [4.69, 9.17) is 5.84 Å². The van der Waals surface area contributed by atoms with E-state index < -0.39 is 0 Å². The van der Waals surface area contributed by atoms with Crippen LogP contribution < -0.4 is 51.4 Å². The Labute approximate surface area is 179 Å². The molecule has 0 fully saturated rings. The predicted molar refractivity (Wildman–Crippen MR) is 96.4 cm³/mol. The molecule has 1 aromatic carbocycles. The van der Waals surface area contributed by atoms with Crippen molar-refractivity contribution < 1.29 is 51.4 Å². The van der Waals surface area contributed by atoms with Crippen molar-refractivity contribution >= 4 is 40.5 Å². The van der Waals surface area contributed by atoms with Gasteiger partial charge in [-0.3, -0.25) is 0 Å². The fourth-order valence-corrected chi connectivity index (χ4v) is 3.31. The number of nitrogens with one attached hydrogen (secondary N) is 1. The van der Waals surface area contributed by atoms with Crippen LogP contribution in [0.5, 0.6) is 0 Å². The van der Waals surface area contributed by atoms with E-state index in [1.165, 1.54) is 22.9 Å². The Morgan fingerprint density at radius 3 is 2.35 bits per heavy atom. The number of aryl methyl sites for hydroxylation is 2. The Hall–Kier alpha value is 1.12. The van der Waals surface area contributed by atoms with Crippen LogP contribution in [0.15, 0.2) is 42.0 Å². The Morgan fingerprint density at radius 1 is 1.35 bits per heavy atom. The van der Waals surface area contributed by atoms with Crippen LogP contribution in [0.4, 0.5) is 0 Å². The first-order valence-electron chi connectivity index (χ1n) is 5.91. The van der Waals surface area contributed by atoms with E-state index in [1.807, 2.05) is 6.92 Å². The molecule has 20 heavy (non-hydrogen) atoms. The van der Waals surface area contributed by atoms with E-state index in [0.29, 0.717) is 5.08 Å². The molecule has 0 bridgehead atoms. The van der Waals surface area contributed by atoms with E-state index in [0.717, 1.165) is 16.5 Å². The molecule has 2 nitrogen and oxygen atoms in total. The third-order valence-electron chi connectivity index (χ3n) is 2.02. The summed E-state index contributed by atoms with van der Waals surface area (Å²) >= 11 is 7.23. The average molecular weight is 353 g/mol. The van der Waals surface area contributed by atoms with E-state index in [2.05, 4.69) is 55.5 Å². The molecular formula is C14H21KN2S3. The molecule has 0 aliphatic rings. The van der Waals surface area contributed by atoms with Crippen molar-refractivity contribution in [2.75, 3.05) is 10.8 Å². The van der Waals surface area contributed by atoms with Gasteiger partial charge in [0.05, 0.1) is 0 Å². The molecule has 0 aliphatic carbocycles. The predicted octanol–water partition coefficient (Wildman–Crippen LogP) is 2.41. The van der Waals surface area contributed by atoms with Crippen LogP contribution in [0.2, 0.25) is 0 Å². The first kappa shape index (κ1) is 23.4. The summed E-state index contributed by atoms with van der Waals surface area (Å²) < 4.78 is 0.794. The Morgan fingerprint density at radius 2 is 1.90 bits per heavy atom. The Bertz CT molecular complexity index is 381. The molecule has 0 radical (unpaired) electrons. The second kappa shape index (κ2) is 16.5. The van der Waals surface area contributed by atoms with Gasteiger partial charge in [-0.15, -0.1) is 18.3 Å². The summed E-state index contributed by atoms with van der Waals surface area (Å²) in [5.74, 6) is 7.95. The summed E-state index contributed by atoms with van der Waals surface area (Å²) in [6.45, 7) is 7.34. The normalized spacial score (nSPS) is 10.1. The van der Waals surface area contributed by atoms with Crippen molar-refractivity contribution in [3.63, 3.8) is 0 Å². The fourth-order valence-electron chi connectivity index (χ4n) is 1.17. The molecule has 0 unspecified atom stereocenters. The Balaban J connectivity index is 0. The third kappa shape index (κ3) is 12.8. The summed E-state index contributed by atoms with van der Waals surface area (Å²) in [4.78, 5) is 0. The van der Waals surface area contributed by atoms with Gasteiger partial charge in [-0.25, -0.2) is 0 Å². The average Bonchev–Trinajstić information content (AvgIpc) is 2.41. The number of rotatable bonds is 4. The third-order valence-corrected chi connectivity index (χ3v) is 4.32. The minimum absolute atomic E-state index is 0. The smallest absolute Gasteiger partial charge is 0.615 e. The van der Waals surface area contributed by atoms with Crippen LogP contribution in [-0.2, 0) is 6.42 Å². The molecule has 0 spiro atoms. The summed E-state index contributed by atoms with van der Waals surface area (Å²) in [5, 5.41) is 4.14. The van der Waals surface area contributed by atoms with Gasteiger partial charge in [0.15, 0.2) is 0 Å². The van der Waals surface area contributed by atoms with Crippen LogP contribution in [0.1, 0.15) is 18.1 Å². The number of thioether (sulfide) groups is 2. The number of allylic oxidation sites excluding steroid dienone is 1. The standard InChI is InChI=1S/C11H15N2S3.C3H6.K/c1-9-2-4-10(5-3-9)6-7-15-11(13-12)16-8-14;1-3-2;/h2-5,12,14H,6-8H2,1H3;3H,1H2,2H3;/q-1;;+1/b13-11-;;. The molecule has 1 rings (SSSR count). The zero-order chi connectivity index (χ0) is 14.5. The number of thiol groups is 1.